The second-order valence-electron chi connectivity index (χ2n) is 6.61. The van der Waals surface area contributed by atoms with Gasteiger partial charge >= 0.3 is 0 Å². The Morgan fingerprint density at radius 2 is 1.64 bits per heavy atom. The number of benzene rings is 2. The molecule has 0 aromatic heterocycles. The Morgan fingerprint density at radius 3 is 2.21 bits per heavy atom. The van der Waals surface area contributed by atoms with Crippen LogP contribution in [0.2, 0.25) is 0 Å². The molecule has 0 bridgehead atoms. The van der Waals surface area contributed by atoms with E-state index in [-0.39, 0.29) is 18.3 Å². The number of nitrogens with one attached hydrogen (secondary N) is 1. The van der Waals surface area contributed by atoms with Gasteiger partial charge in [0.25, 0.3) is 0 Å². The Labute approximate surface area is 165 Å². The van der Waals surface area contributed by atoms with Crippen molar-refractivity contribution in [1.82, 2.24) is 15.1 Å². The van der Waals surface area contributed by atoms with E-state index < -0.39 is 0 Å². The number of guanidine groups is 1. The molecule has 0 saturated heterocycles. The molecule has 2 aromatic carbocycles. The zero-order valence-electron chi connectivity index (χ0n) is 16.8. The van der Waals surface area contributed by atoms with Gasteiger partial charge in [0.05, 0.1) is 20.2 Å². The molecule has 150 valence electrons. The van der Waals surface area contributed by atoms with Crippen LogP contribution in [0.15, 0.2) is 53.5 Å². The first-order chi connectivity index (χ1) is 13.4. The van der Waals surface area contributed by atoms with Crippen molar-refractivity contribution in [3.05, 3.63) is 65.5 Å². The fraction of sp³-hybridized carbons (Fsp3) is 0.333. The summed E-state index contributed by atoms with van der Waals surface area (Å²) in [5, 5.41) is 3.11. The third-order valence-corrected chi connectivity index (χ3v) is 4.16. The lowest BCUT2D eigenvalue weighted by Gasteiger charge is -2.23. The van der Waals surface area contributed by atoms with E-state index in [1.165, 1.54) is 17.0 Å². The van der Waals surface area contributed by atoms with Gasteiger partial charge in [-0.3, -0.25) is 4.79 Å². The van der Waals surface area contributed by atoms with Crippen LogP contribution in [0, 0.1) is 5.82 Å². The molecule has 0 atom stereocenters. The predicted octanol–water partition coefficient (Wildman–Crippen LogP) is 2.50. The molecule has 0 aliphatic rings. The average molecular weight is 386 g/mol. The Hall–Kier alpha value is -3.09. The summed E-state index contributed by atoms with van der Waals surface area (Å²) in [4.78, 5) is 20.0. The molecule has 0 saturated carbocycles. The standard InChI is InChI=1S/C21H27FN4O2/c1-25(2)20(27)14-24-21(23-13-16-7-11-19(28-4)12-8-16)26(3)15-17-5-9-18(22)10-6-17/h5-12H,13-15H2,1-4H3,(H,23,24). The van der Waals surface area contributed by atoms with E-state index in [0.29, 0.717) is 19.0 Å². The number of ether oxygens (including phenoxy) is 1. The summed E-state index contributed by atoms with van der Waals surface area (Å²) in [5.74, 6) is 1.06. The third kappa shape index (κ3) is 6.57. The zero-order chi connectivity index (χ0) is 20.5. The number of hydrogen-bond donors (Lipinski definition) is 1. The number of aliphatic imine (C=N–C) groups is 1. The van der Waals surface area contributed by atoms with Gasteiger partial charge in [0.15, 0.2) is 5.96 Å². The normalized spacial score (nSPS) is 11.1. The smallest absolute Gasteiger partial charge is 0.241 e. The maximum atomic E-state index is 13.1. The van der Waals surface area contributed by atoms with Crippen molar-refractivity contribution in [1.29, 1.82) is 0 Å². The van der Waals surface area contributed by atoms with E-state index in [1.807, 2.05) is 36.2 Å². The van der Waals surface area contributed by atoms with Crippen LogP contribution in [0.4, 0.5) is 4.39 Å². The summed E-state index contributed by atoms with van der Waals surface area (Å²) in [6.45, 7) is 1.13. The molecule has 28 heavy (non-hydrogen) atoms. The van der Waals surface area contributed by atoms with Gasteiger partial charge in [0.1, 0.15) is 11.6 Å². The molecule has 7 heteroatoms. The maximum absolute atomic E-state index is 13.1. The molecule has 2 aromatic rings. The summed E-state index contributed by atoms with van der Waals surface area (Å²) < 4.78 is 18.3. The SMILES string of the molecule is COc1ccc(CN=C(NCC(=O)N(C)C)N(C)Cc2ccc(F)cc2)cc1. The number of carbonyl (C=O) groups is 1. The number of rotatable bonds is 7. The molecule has 0 unspecified atom stereocenters. The number of hydrogen-bond acceptors (Lipinski definition) is 3. The quantitative estimate of drug-likeness (QED) is 0.587. The summed E-state index contributed by atoms with van der Waals surface area (Å²) in [6, 6.07) is 14.0. The van der Waals surface area contributed by atoms with E-state index in [0.717, 1.165) is 16.9 Å². The molecule has 0 aliphatic heterocycles. The second kappa shape index (κ2) is 10.3. The minimum absolute atomic E-state index is 0.0488. The number of amides is 1. The highest BCUT2D eigenvalue weighted by Crippen LogP contribution is 2.12. The van der Waals surface area contributed by atoms with Crippen molar-refractivity contribution in [2.75, 3.05) is 34.8 Å². The monoisotopic (exact) mass is 386 g/mol. The summed E-state index contributed by atoms with van der Waals surface area (Å²) >= 11 is 0. The van der Waals surface area contributed by atoms with Gasteiger partial charge in [-0.1, -0.05) is 24.3 Å². The molecular weight excluding hydrogens is 359 g/mol. The van der Waals surface area contributed by atoms with Gasteiger partial charge in [-0.2, -0.15) is 0 Å². The number of methoxy groups -OCH3 is 1. The lowest BCUT2D eigenvalue weighted by Crippen LogP contribution is -2.43. The first-order valence-electron chi connectivity index (χ1n) is 8.96. The summed E-state index contributed by atoms with van der Waals surface area (Å²) in [5.41, 5.74) is 1.97. The van der Waals surface area contributed by atoms with Crippen molar-refractivity contribution in [3.8, 4) is 5.75 Å². The van der Waals surface area contributed by atoms with Crippen molar-refractivity contribution < 1.29 is 13.9 Å². The van der Waals surface area contributed by atoms with Gasteiger partial charge in [0, 0.05) is 27.7 Å². The Kier molecular flexibility index (Phi) is 7.80. The van der Waals surface area contributed by atoms with Gasteiger partial charge in [-0.05, 0) is 35.4 Å². The van der Waals surface area contributed by atoms with Crippen LogP contribution in [0.5, 0.6) is 5.75 Å². The lowest BCUT2D eigenvalue weighted by molar-refractivity contribution is -0.127. The number of halogens is 1. The van der Waals surface area contributed by atoms with Gasteiger partial charge in [-0.15, -0.1) is 0 Å². The van der Waals surface area contributed by atoms with E-state index >= 15 is 0 Å². The molecule has 0 spiro atoms. The molecule has 2 rings (SSSR count). The third-order valence-electron chi connectivity index (χ3n) is 4.16. The highest BCUT2D eigenvalue weighted by Gasteiger charge is 2.11. The number of nitrogens with zero attached hydrogens (tertiary/aromatic N) is 3. The lowest BCUT2D eigenvalue weighted by atomic mass is 10.2. The Balaban J connectivity index is 2.11. The Morgan fingerprint density at radius 1 is 1.04 bits per heavy atom. The summed E-state index contributed by atoms with van der Waals surface area (Å²) in [6.07, 6.45) is 0. The molecular formula is C21H27FN4O2. The van der Waals surface area contributed by atoms with Gasteiger partial charge < -0.3 is 19.9 Å². The number of carbonyl (C=O) groups excluding carboxylic acids is 1. The Bertz CT molecular complexity index is 789. The van der Waals surface area contributed by atoms with Crippen molar-refractivity contribution in [2.24, 2.45) is 4.99 Å². The van der Waals surface area contributed by atoms with E-state index in [2.05, 4.69) is 10.3 Å². The zero-order valence-corrected chi connectivity index (χ0v) is 16.8. The van der Waals surface area contributed by atoms with Gasteiger partial charge in [0.2, 0.25) is 5.91 Å². The topological polar surface area (TPSA) is 57.2 Å². The average Bonchev–Trinajstić information content (AvgIpc) is 2.69. The van der Waals surface area contributed by atoms with Crippen LogP contribution in [0.1, 0.15) is 11.1 Å². The van der Waals surface area contributed by atoms with Gasteiger partial charge in [-0.25, -0.2) is 9.38 Å². The van der Waals surface area contributed by atoms with Crippen LogP contribution >= 0.6 is 0 Å². The van der Waals surface area contributed by atoms with Crippen molar-refractivity contribution in [3.63, 3.8) is 0 Å². The van der Waals surface area contributed by atoms with Crippen molar-refractivity contribution >= 4 is 11.9 Å². The molecule has 1 N–H and O–H groups in total. The minimum atomic E-state index is -0.269. The predicted molar refractivity (Wildman–Crippen MR) is 109 cm³/mol. The van der Waals surface area contributed by atoms with E-state index in [9.17, 15) is 9.18 Å². The molecule has 0 fully saturated rings. The fourth-order valence-corrected chi connectivity index (χ4v) is 2.46. The van der Waals surface area contributed by atoms with Crippen LogP contribution < -0.4 is 10.1 Å². The van der Waals surface area contributed by atoms with E-state index in [4.69, 9.17) is 4.74 Å². The minimum Gasteiger partial charge on any atom is -0.497 e. The maximum Gasteiger partial charge on any atom is 0.241 e. The van der Waals surface area contributed by atoms with E-state index in [1.54, 1.807) is 33.3 Å². The molecule has 6 nitrogen and oxygen atoms in total. The molecule has 0 aliphatic carbocycles. The number of likely N-dealkylation sites (N-methyl/N-ethyl adjacent to an activating group) is 1. The van der Waals surface area contributed by atoms with Crippen LogP contribution in [-0.4, -0.2) is 56.5 Å². The largest absolute Gasteiger partial charge is 0.497 e. The molecule has 1 amide bonds. The molecule has 0 heterocycles. The second-order valence-corrected chi connectivity index (χ2v) is 6.61. The van der Waals surface area contributed by atoms with Crippen molar-refractivity contribution in [2.45, 2.75) is 13.1 Å². The summed E-state index contributed by atoms with van der Waals surface area (Å²) in [7, 11) is 6.92. The van der Waals surface area contributed by atoms with Crippen LogP contribution in [0.3, 0.4) is 0 Å². The fourth-order valence-electron chi connectivity index (χ4n) is 2.46. The van der Waals surface area contributed by atoms with Crippen LogP contribution in [0.25, 0.3) is 0 Å². The highest BCUT2D eigenvalue weighted by atomic mass is 19.1. The molecule has 0 radical (unpaired) electrons. The highest BCUT2D eigenvalue weighted by molar-refractivity contribution is 5.86. The first kappa shape index (κ1) is 21.2. The first-order valence-corrected chi connectivity index (χ1v) is 8.96. The van der Waals surface area contributed by atoms with Crippen LogP contribution in [-0.2, 0) is 17.9 Å².